The number of nitrogens with zero attached hydrogens (tertiary/aromatic N) is 2. The summed E-state index contributed by atoms with van der Waals surface area (Å²) in [5.74, 6) is -0.494. The minimum Gasteiger partial charge on any atom is -0.488 e. The van der Waals surface area contributed by atoms with Gasteiger partial charge < -0.3 is 14.6 Å². The lowest BCUT2D eigenvalue weighted by atomic mass is 10.2. The summed E-state index contributed by atoms with van der Waals surface area (Å²) in [4.78, 5) is 28.1. The van der Waals surface area contributed by atoms with Gasteiger partial charge in [-0.15, -0.1) is 0 Å². The number of aromatic nitrogens is 1. The zero-order chi connectivity index (χ0) is 15.2. The van der Waals surface area contributed by atoms with Crippen molar-refractivity contribution in [1.82, 2.24) is 9.88 Å². The van der Waals surface area contributed by atoms with Gasteiger partial charge in [0.15, 0.2) is 0 Å². The Morgan fingerprint density at radius 3 is 2.81 bits per heavy atom. The number of aliphatic carboxylic acids is 1. The normalized spacial score (nSPS) is 20.9. The number of carbonyl (C=O) groups is 2. The summed E-state index contributed by atoms with van der Waals surface area (Å²) in [6.45, 7) is 3.64. The highest BCUT2D eigenvalue weighted by atomic mass is 16.6. The molecular weight excluding hydrogens is 276 g/mol. The molecule has 0 saturated carbocycles. The second kappa shape index (κ2) is 6.74. The highest BCUT2D eigenvalue weighted by molar-refractivity contribution is 5.81. The predicted molar refractivity (Wildman–Crippen MR) is 72.9 cm³/mol. The van der Waals surface area contributed by atoms with E-state index in [1.807, 2.05) is 0 Å². The van der Waals surface area contributed by atoms with E-state index in [1.54, 1.807) is 24.5 Å². The van der Waals surface area contributed by atoms with E-state index in [4.69, 9.17) is 9.47 Å². The monoisotopic (exact) mass is 292 g/mol. The molecule has 1 aliphatic rings. The van der Waals surface area contributed by atoms with Crippen LogP contribution in [0.3, 0.4) is 0 Å². The lowest BCUT2D eigenvalue weighted by molar-refractivity contribution is -0.141. The van der Waals surface area contributed by atoms with Crippen LogP contribution in [0.25, 0.3) is 0 Å². The van der Waals surface area contributed by atoms with Crippen LogP contribution in [0.5, 0.6) is 5.75 Å². The number of hydrogen-bond donors (Lipinski definition) is 1. The fraction of sp³-hybridized carbons (Fsp3) is 0.357. The number of carboxylic acid groups (broad SMARTS) is 1. The standard InChI is InChI=1S/C14H16N2O5/c1-2-7-20-14(19)16-9-11(8-12(16)13(17)18)21-10-3-5-15-6-4-10/h2-6,11-12H,1,7-9H2,(H,17,18)/t11-,12-/m0/s1. The van der Waals surface area contributed by atoms with Crippen molar-refractivity contribution < 1.29 is 24.2 Å². The van der Waals surface area contributed by atoms with Crippen LogP contribution >= 0.6 is 0 Å². The Bertz CT molecular complexity index is 519. The van der Waals surface area contributed by atoms with Gasteiger partial charge in [-0.2, -0.15) is 0 Å². The van der Waals surface area contributed by atoms with Crippen molar-refractivity contribution in [3.8, 4) is 5.75 Å². The Hall–Kier alpha value is -2.57. The van der Waals surface area contributed by atoms with Gasteiger partial charge in [0.2, 0.25) is 0 Å². The maximum absolute atomic E-state index is 11.8. The fourth-order valence-corrected chi connectivity index (χ4v) is 2.14. The molecule has 1 aromatic rings. The fourth-order valence-electron chi connectivity index (χ4n) is 2.14. The first-order valence-corrected chi connectivity index (χ1v) is 6.45. The van der Waals surface area contributed by atoms with Crippen LogP contribution in [-0.2, 0) is 9.53 Å². The molecule has 2 rings (SSSR count). The summed E-state index contributed by atoms with van der Waals surface area (Å²) in [5, 5.41) is 9.21. The van der Waals surface area contributed by atoms with Crippen LogP contribution < -0.4 is 4.74 Å². The predicted octanol–water partition coefficient (Wildman–Crippen LogP) is 1.31. The second-order valence-corrected chi connectivity index (χ2v) is 4.53. The van der Waals surface area contributed by atoms with Gasteiger partial charge in [0.25, 0.3) is 0 Å². The van der Waals surface area contributed by atoms with Crippen LogP contribution in [0.15, 0.2) is 37.2 Å². The van der Waals surface area contributed by atoms with Crippen molar-refractivity contribution in [1.29, 1.82) is 0 Å². The van der Waals surface area contributed by atoms with Gasteiger partial charge in [-0.3, -0.25) is 9.88 Å². The van der Waals surface area contributed by atoms with Gasteiger partial charge in [-0.05, 0) is 12.1 Å². The van der Waals surface area contributed by atoms with E-state index >= 15 is 0 Å². The number of carboxylic acids is 1. The number of carbonyl (C=O) groups excluding carboxylic acids is 1. The molecule has 0 bridgehead atoms. The van der Waals surface area contributed by atoms with E-state index in [0.29, 0.717) is 5.75 Å². The van der Waals surface area contributed by atoms with Crippen LogP contribution in [0, 0.1) is 0 Å². The average molecular weight is 292 g/mol. The van der Waals surface area contributed by atoms with Crippen LogP contribution in [0.4, 0.5) is 4.79 Å². The summed E-state index contributed by atoms with van der Waals surface area (Å²) < 4.78 is 10.6. The van der Waals surface area contributed by atoms with E-state index in [1.165, 1.54) is 6.08 Å². The molecule has 0 aromatic carbocycles. The van der Waals surface area contributed by atoms with Gasteiger partial charge in [-0.25, -0.2) is 9.59 Å². The Kier molecular flexibility index (Phi) is 4.76. The third-order valence-corrected chi connectivity index (χ3v) is 3.06. The van der Waals surface area contributed by atoms with Crippen molar-refractivity contribution in [3.63, 3.8) is 0 Å². The number of rotatable bonds is 5. The molecule has 112 valence electrons. The smallest absolute Gasteiger partial charge is 0.410 e. The Morgan fingerprint density at radius 2 is 2.19 bits per heavy atom. The Morgan fingerprint density at radius 1 is 1.48 bits per heavy atom. The molecule has 1 amide bonds. The SMILES string of the molecule is C=CCOC(=O)N1C[C@@H](Oc2ccncc2)C[C@H]1C(=O)O. The van der Waals surface area contributed by atoms with Gasteiger partial charge in [0.1, 0.15) is 24.5 Å². The Balaban J connectivity index is 2.02. The average Bonchev–Trinajstić information content (AvgIpc) is 2.90. The molecule has 1 saturated heterocycles. The molecule has 0 unspecified atom stereocenters. The van der Waals surface area contributed by atoms with E-state index in [-0.39, 0.29) is 19.6 Å². The minimum atomic E-state index is -1.08. The van der Waals surface area contributed by atoms with Crippen molar-refractivity contribution in [2.75, 3.05) is 13.2 Å². The maximum atomic E-state index is 11.8. The molecule has 0 spiro atoms. The minimum absolute atomic E-state index is 0.0392. The van der Waals surface area contributed by atoms with E-state index in [2.05, 4.69) is 11.6 Å². The van der Waals surface area contributed by atoms with Gasteiger partial charge in [0.05, 0.1) is 6.54 Å². The Labute approximate surface area is 121 Å². The zero-order valence-electron chi connectivity index (χ0n) is 11.3. The first-order valence-electron chi connectivity index (χ1n) is 6.45. The molecule has 7 heteroatoms. The number of amides is 1. The number of likely N-dealkylation sites (tertiary alicyclic amines) is 1. The second-order valence-electron chi connectivity index (χ2n) is 4.53. The number of hydrogen-bond acceptors (Lipinski definition) is 5. The number of ether oxygens (including phenoxy) is 2. The molecular formula is C14H16N2O5. The first kappa shape index (κ1) is 14.8. The maximum Gasteiger partial charge on any atom is 0.410 e. The summed E-state index contributed by atoms with van der Waals surface area (Å²) in [5.41, 5.74) is 0. The summed E-state index contributed by atoms with van der Waals surface area (Å²) in [6.07, 6.45) is 3.72. The van der Waals surface area contributed by atoms with Crippen molar-refractivity contribution in [2.45, 2.75) is 18.6 Å². The van der Waals surface area contributed by atoms with E-state index in [0.717, 1.165) is 4.90 Å². The highest BCUT2D eigenvalue weighted by Gasteiger charge is 2.41. The molecule has 7 nitrogen and oxygen atoms in total. The first-order chi connectivity index (χ1) is 10.1. The van der Waals surface area contributed by atoms with Crippen LogP contribution in [-0.4, -0.2) is 52.4 Å². The van der Waals surface area contributed by atoms with Gasteiger partial charge in [0, 0.05) is 18.8 Å². The summed E-state index contributed by atoms with van der Waals surface area (Å²) >= 11 is 0. The quantitative estimate of drug-likeness (QED) is 0.823. The molecule has 0 aliphatic carbocycles. The van der Waals surface area contributed by atoms with Crippen LogP contribution in [0.2, 0.25) is 0 Å². The molecule has 1 fully saturated rings. The molecule has 2 heterocycles. The van der Waals surface area contributed by atoms with Gasteiger partial charge in [-0.1, -0.05) is 12.7 Å². The third-order valence-electron chi connectivity index (χ3n) is 3.06. The summed E-state index contributed by atoms with van der Waals surface area (Å²) in [7, 11) is 0. The zero-order valence-corrected chi connectivity index (χ0v) is 11.3. The lowest BCUT2D eigenvalue weighted by Crippen LogP contribution is -2.41. The molecule has 21 heavy (non-hydrogen) atoms. The summed E-state index contributed by atoms with van der Waals surface area (Å²) in [6, 6.07) is 2.40. The molecule has 1 aliphatic heterocycles. The van der Waals surface area contributed by atoms with E-state index in [9.17, 15) is 14.7 Å². The van der Waals surface area contributed by atoms with Crippen molar-refractivity contribution in [2.24, 2.45) is 0 Å². The van der Waals surface area contributed by atoms with Crippen molar-refractivity contribution >= 4 is 12.1 Å². The molecule has 2 atom stereocenters. The molecule has 0 radical (unpaired) electrons. The van der Waals surface area contributed by atoms with Crippen molar-refractivity contribution in [3.05, 3.63) is 37.2 Å². The molecule has 1 aromatic heterocycles. The largest absolute Gasteiger partial charge is 0.488 e. The number of pyridine rings is 1. The highest BCUT2D eigenvalue weighted by Crippen LogP contribution is 2.23. The molecule has 1 N–H and O–H groups in total. The van der Waals surface area contributed by atoms with Gasteiger partial charge >= 0.3 is 12.1 Å². The topological polar surface area (TPSA) is 89.0 Å². The third kappa shape index (κ3) is 3.71. The lowest BCUT2D eigenvalue weighted by Gasteiger charge is -2.20. The van der Waals surface area contributed by atoms with Crippen LogP contribution in [0.1, 0.15) is 6.42 Å². The van der Waals surface area contributed by atoms with E-state index < -0.39 is 24.2 Å².